The van der Waals surface area contributed by atoms with Crippen molar-refractivity contribution in [1.82, 2.24) is 4.90 Å². The number of benzene rings is 2. The molecule has 146 valence electrons. The molecule has 0 unspecified atom stereocenters. The lowest BCUT2D eigenvalue weighted by Gasteiger charge is -2.14. The highest BCUT2D eigenvalue weighted by Crippen LogP contribution is 2.38. The Morgan fingerprint density at radius 1 is 1.14 bits per heavy atom. The smallest absolute Gasteiger partial charge is 0.266 e. The normalized spacial score (nSPS) is 16.9. The number of ether oxygens (including phenoxy) is 2. The Labute approximate surface area is 174 Å². The van der Waals surface area contributed by atoms with Crippen LogP contribution in [-0.2, 0) is 4.79 Å². The van der Waals surface area contributed by atoms with E-state index in [-0.39, 0.29) is 5.91 Å². The van der Waals surface area contributed by atoms with Crippen LogP contribution in [0.15, 0.2) is 52.4 Å². The number of amidine groups is 1. The lowest BCUT2D eigenvalue weighted by molar-refractivity contribution is -0.122. The zero-order valence-electron chi connectivity index (χ0n) is 15.9. The fraction of sp³-hybridized carbons (Fsp3) is 0.238. The van der Waals surface area contributed by atoms with Crippen molar-refractivity contribution >= 4 is 46.2 Å². The largest absolute Gasteiger partial charge is 0.493 e. The molecule has 5 nitrogen and oxygen atoms in total. The van der Waals surface area contributed by atoms with Gasteiger partial charge in [-0.2, -0.15) is 0 Å². The third-order valence-electron chi connectivity index (χ3n) is 4.11. The van der Waals surface area contributed by atoms with Crippen LogP contribution in [0, 0.1) is 0 Å². The molecule has 7 heteroatoms. The van der Waals surface area contributed by atoms with Gasteiger partial charge in [0.1, 0.15) is 0 Å². The second-order valence-electron chi connectivity index (χ2n) is 6.03. The van der Waals surface area contributed by atoms with Gasteiger partial charge in [0.25, 0.3) is 5.91 Å². The van der Waals surface area contributed by atoms with Gasteiger partial charge >= 0.3 is 0 Å². The fourth-order valence-corrected chi connectivity index (χ4v) is 3.97. The SMILES string of the molecule is CCCN1C(=O)/C(=C\c2cc(OC)c(OC)cc2Cl)SC1=Nc1ccccc1. The third kappa shape index (κ3) is 4.34. The fourth-order valence-electron chi connectivity index (χ4n) is 2.75. The molecule has 0 aliphatic carbocycles. The highest BCUT2D eigenvalue weighted by Gasteiger charge is 2.33. The van der Waals surface area contributed by atoms with Gasteiger partial charge in [0.2, 0.25) is 0 Å². The van der Waals surface area contributed by atoms with Crippen molar-refractivity contribution in [3.63, 3.8) is 0 Å². The molecule has 2 aromatic carbocycles. The molecule has 2 aromatic rings. The number of para-hydroxylation sites is 1. The van der Waals surface area contributed by atoms with E-state index in [0.717, 1.165) is 12.1 Å². The van der Waals surface area contributed by atoms with E-state index in [1.165, 1.54) is 11.8 Å². The Kier molecular flexibility index (Phi) is 6.65. The molecule has 3 rings (SSSR count). The molecule has 0 atom stereocenters. The molecule has 1 saturated heterocycles. The van der Waals surface area contributed by atoms with Crippen molar-refractivity contribution in [3.05, 3.63) is 58.0 Å². The zero-order chi connectivity index (χ0) is 20.1. The molecular weight excluding hydrogens is 396 g/mol. The summed E-state index contributed by atoms with van der Waals surface area (Å²) >= 11 is 7.73. The van der Waals surface area contributed by atoms with Gasteiger partial charge in [0.05, 0.1) is 29.8 Å². The molecular formula is C21H21ClN2O3S. The minimum Gasteiger partial charge on any atom is -0.493 e. The Morgan fingerprint density at radius 2 is 1.82 bits per heavy atom. The topological polar surface area (TPSA) is 51.1 Å². The molecule has 1 aliphatic heterocycles. The van der Waals surface area contributed by atoms with E-state index in [2.05, 4.69) is 4.99 Å². The second-order valence-corrected chi connectivity index (χ2v) is 7.44. The van der Waals surface area contributed by atoms with Crippen molar-refractivity contribution < 1.29 is 14.3 Å². The minimum absolute atomic E-state index is 0.0765. The Bertz CT molecular complexity index is 929. The summed E-state index contributed by atoms with van der Waals surface area (Å²) in [4.78, 5) is 19.9. The molecule has 1 aliphatic rings. The summed E-state index contributed by atoms with van der Waals surface area (Å²) in [5, 5.41) is 1.15. The monoisotopic (exact) mass is 416 g/mol. The zero-order valence-corrected chi connectivity index (χ0v) is 17.5. The lowest BCUT2D eigenvalue weighted by Crippen LogP contribution is -2.29. The van der Waals surface area contributed by atoms with Crippen LogP contribution in [0.5, 0.6) is 11.5 Å². The number of aliphatic imine (C=N–C) groups is 1. The van der Waals surface area contributed by atoms with Crippen molar-refractivity contribution in [1.29, 1.82) is 0 Å². The van der Waals surface area contributed by atoms with E-state index in [9.17, 15) is 4.79 Å². The summed E-state index contributed by atoms with van der Waals surface area (Å²) in [6, 6.07) is 13.0. The predicted molar refractivity (Wildman–Crippen MR) is 116 cm³/mol. The highest BCUT2D eigenvalue weighted by molar-refractivity contribution is 8.18. The van der Waals surface area contributed by atoms with E-state index in [0.29, 0.717) is 38.7 Å². The van der Waals surface area contributed by atoms with Crippen LogP contribution in [0.3, 0.4) is 0 Å². The number of hydrogen-bond donors (Lipinski definition) is 0. The molecule has 1 heterocycles. The minimum atomic E-state index is -0.0765. The maximum absolute atomic E-state index is 12.9. The van der Waals surface area contributed by atoms with E-state index < -0.39 is 0 Å². The van der Waals surface area contributed by atoms with Gasteiger partial charge in [0.15, 0.2) is 16.7 Å². The first-order valence-corrected chi connectivity index (χ1v) is 10.0. The van der Waals surface area contributed by atoms with Crippen molar-refractivity contribution in [3.8, 4) is 11.5 Å². The summed E-state index contributed by atoms with van der Waals surface area (Å²) in [7, 11) is 3.11. The first-order chi connectivity index (χ1) is 13.6. The summed E-state index contributed by atoms with van der Waals surface area (Å²) in [6.07, 6.45) is 2.61. The van der Waals surface area contributed by atoms with Gasteiger partial charge < -0.3 is 9.47 Å². The van der Waals surface area contributed by atoms with Gasteiger partial charge in [0, 0.05) is 12.6 Å². The van der Waals surface area contributed by atoms with Gasteiger partial charge in [-0.05, 0) is 48.0 Å². The van der Waals surface area contributed by atoms with E-state index in [1.54, 1.807) is 37.3 Å². The number of hydrogen-bond acceptors (Lipinski definition) is 5. The molecule has 28 heavy (non-hydrogen) atoms. The number of rotatable bonds is 6. The first-order valence-electron chi connectivity index (χ1n) is 8.84. The van der Waals surface area contributed by atoms with Gasteiger partial charge in [-0.25, -0.2) is 4.99 Å². The lowest BCUT2D eigenvalue weighted by atomic mass is 10.1. The van der Waals surface area contributed by atoms with E-state index in [4.69, 9.17) is 21.1 Å². The van der Waals surface area contributed by atoms with Gasteiger partial charge in [-0.3, -0.25) is 9.69 Å². The van der Waals surface area contributed by atoms with Gasteiger partial charge in [-0.15, -0.1) is 0 Å². The van der Waals surface area contributed by atoms with Crippen molar-refractivity contribution in [2.45, 2.75) is 13.3 Å². The van der Waals surface area contributed by atoms with Crippen LogP contribution in [-0.4, -0.2) is 36.7 Å². The van der Waals surface area contributed by atoms with Crippen LogP contribution in [0.2, 0.25) is 5.02 Å². The Hall–Kier alpha value is -2.44. The number of amides is 1. The van der Waals surface area contributed by atoms with E-state index in [1.807, 2.05) is 37.3 Å². The number of nitrogens with zero attached hydrogens (tertiary/aromatic N) is 2. The van der Waals surface area contributed by atoms with Crippen LogP contribution >= 0.6 is 23.4 Å². The van der Waals surface area contributed by atoms with E-state index >= 15 is 0 Å². The number of methoxy groups -OCH3 is 2. The average Bonchev–Trinajstić information content (AvgIpc) is 2.99. The molecule has 0 aromatic heterocycles. The molecule has 0 saturated carbocycles. The molecule has 0 radical (unpaired) electrons. The summed E-state index contributed by atoms with van der Waals surface area (Å²) in [6.45, 7) is 2.64. The molecule has 0 bridgehead atoms. The summed E-state index contributed by atoms with van der Waals surface area (Å²) < 4.78 is 10.6. The third-order valence-corrected chi connectivity index (χ3v) is 5.44. The molecule has 1 amide bonds. The van der Waals surface area contributed by atoms with Crippen LogP contribution in [0.1, 0.15) is 18.9 Å². The molecule has 0 spiro atoms. The summed E-state index contributed by atoms with van der Waals surface area (Å²) in [5.41, 5.74) is 1.50. The second kappa shape index (κ2) is 9.17. The number of carbonyl (C=O) groups is 1. The average molecular weight is 417 g/mol. The van der Waals surface area contributed by atoms with Crippen LogP contribution < -0.4 is 9.47 Å². The highest BCUT2D eigenvalue weighted by atomic mass is 35.5. The number of carbonyl (C=O) groups excluding carboxylic acids is 1. The van der Waals surface area contributed by atoms with Crippen LogP contribution in [0.4, 0.5) is 5.69 Å². The number of thioether (sulfide) groups is 1. The predicted octanol–water partition coefficient (Wildman–Crippen LogP) is 5.37. The first kappa shape index (κ1) is 20.3. The Morgan fingerprint density at radius 3 is 2.46 bits per heavy atom. The van der Waals surface area contributed by atoms with Crippen LogP contribution in [0.25, 0.3) is 6.08 Å². The maximum Gasteiger partial charge on any atom is 0.266 e. The molecule has 1 fully saturated rings. The standard InChI is InChI=1S/C21H21ClN2O3S/c1-4-10-24-20(25)19(28-21(24)23-15-8-6-5-7-9-15)12-14-11-17(26-2)18(27-3)13-16(14)22/h5-9,11-13H,4,10H2,1-3H3/b19-12+,23-21?. The molecule has 0 N–H and O–H groups in total. The maximum atomic E-state index is 12.9. The number of halogens is 1. The Balaban J connectivity index is 1.99. The van der Waals surface area contributed by atoms with Gasteiger partial charge in [-0.1, -0.05) is 36.7 Å². The van der Waals surface area contributed by atoms with Crippen molar-refractivity contribution in [2.24, 2.45) is 4.99 Å². The summed E-state index contributed by atoms with van der Waals surface area (Å²) in [5.74, 6) is 1.02. The van der Waals surface area contributed by atoms with Crippen molar-refractivity contribution in [2.75, 3.05) is 20.8 Å². The quantitative estimate of drug-likeness (QED) is 0.594.